The Morgan fingerprint density at radius 2 is 1.68 bits per heavy atom. The summed E-state index contributed by atoms with van der Waals surface area (Å²) in [5, 5.41) is 1.04. The summed E-state index contributed by atoms with van der Waals surface area (Å²) in [4.78, 5) is 17.8. The molecule has 0 spiro atoms. The van der Waals surface area contributed by atoms with Gasteiger partial charge in [-0.05, 0) is 49.7 Å². The standard InChI is InChI=1S/C22H33N5O.C9H10.C2H4O/c1-3-7-16(8-4-2)11-12-28-14-17(13-23)27-15-25-20-21(27)18-9-5-6-10-19(18)26-22(20)24;1-2-4-8(5-3-1)9-6-7-9;1-2-3/h5-6,9-10,15-17H,3-4,7-8,11-14,23H2,1-2H3,(H2,24,26);1-5,9H,6-7H2;2H,1H3. The number of imidazole rings is 1. The minimum atomic E-state index is 0.0195. The van der Waals surface area contributed by atoms with Crippen molar-refractivity contribution in [2.45, 2.75) is 77.7 Å². The lowest BCUT2D eigenvalue weighted by atomic mass is 9.95. The summed E-state index contributed by atoms with van der Waals surface area (Å²) < 4.78 is 8.15. The zero-order valence-electron chi connectivity index (χ0n) is 24.5. The molecule has 0 amide bonds. The number of rotatable bonds is 12. The van der Waals surface area contributed by atoms with E-state index in [2.05, 4.69) is 64.8 Å². The summed E-state index contributed by atoms with van der Waals surface area (Å²) in [5.74, 6) is 2.12. The van der Waals surface area contributed by atoms with Crippen LogP contribution >= 0.6 is 0 Å². The number of para-hydroxylation sites is 1. The van der Waals surface area contributed by atoms with Crippen LogP contribution in [-0.2, 0) is 9.53 Å². The topological polar surface area (TPSA) is 109 Å². The van der Waals surface area contributed by atoms with Crippen LogP contribution in [0.2, 0.25) is 0 Å². The fourth-order valence-corrected chi connectivity index (χ4v) is 5.17. The first-order chi connectivity index (χ1) is 19.6. The van der Waals surface area contributed by atoms with Crippen molar-refractivity contribution in [2.24, 2.45) is 11.7 Å². The molecule has 0 bridgehead atoms. The predicted molar refractivity (Wildman–Crippen MR) is 166 cm³/mol. The molecule has 0 aliphatic heterocycles. The predicted octanol–water partition coefficient (Wildman–Crippen LogP) is 7.06. The van der Waals surface area contributed by atoms with Crippen molar-refractivity contribution in [3.63, 3.8) is 0 Å². The molecule has 1 unspecified atom stereocenters. The number of aldehydes is 1. The molecule has 2 aromatic heterocycles. The van der Waals surface area contributed by atoms with Crippen molar-refractivity contribution in [1.82, 2.24) is 14.5 Å². The number of nitrogens with zero attached hydrogens (tertiary/aromatic N) is 3. The fraction of sp³-hybridized carbons (Fsp3) is 0.485. The van der Waals surface area contributed by atoms with Gasteiger partial charge in [0.25, 0.3) is 0 Å². The summed E-state index contributed by atoms with van der Waals surface area (Å²) >= 11 is 0. The molecule has 1 aliphatic carbocycles. The summed E-state index contributed by atoms with van der Waals surface area (Å²) in [6.45, 7) is 7.78. The van der Waals surface area contributed by atoms with Gasteiger partial charge in [-0.3, -0.25) is 0 Å². The Hall–Kier alpha value is -3.29. The molecular formula is C33H47N5O2. The van der Waals surface area contributed by atoms with E-state index < -0.39 is 0 Å². The second-order valence-corrected chi connectivity index (χ2v) is 10.5. The lowest BCUT2D eigenvalue weighted by Crippen LogP contribution is -2.24. The van der Waals surface area contributed by atoms with Crippen LogP contribution in [0.4, 0.5) is 5.82 Å². The number of carbonyl (C=O) groups excluding carboxylic acids is 1. The number of nitrogen functional groups attached to an aromatic ring is 1. The van der Waals surface area contributed by atoms with Gasteiger partial charge in [0.2, 0.25) is 0 Å². The second kappa shape index (κ2) is 16.7. The largest absolute Gasteiger partial charge is 0.382 e. The quantitative estimate of drug-likeness (QED) is 0.146. The third-order valence-corrected chi connectivity index (χ3v) is 7.32. The van der Waals surface area contributed by atoms with E-state index >= 15 is 0 Å². The molecule has 7 nitrogen and oxygen atoms in total. The van der Waals surface area contributed by atoms with Crippen LogP contribution in [0.5, 0.6) is 0 Å². The van der Waals surface area contributed by atoms with Crippen molar-refractivity contribution in [2.75, 3.05) is 25.5 Å². The van der Waals surface area contributed by atoms with Crippen molar-refractivity contribution in [3.8, 4) is 0 Å². The number of hydrogen-bond acceptors (Lipinski definition) is 6. The Kier molecular flexibility index (Phi) is 13.1. The average molecular weight is 546 g/mol. The number of carbonyl (C=O) groups is 1. The second-order valence-electron chi connectivity index (χ2n) is 10.5. The number of hydrogen-bond donors (Lipinski definition) is 2. The molecule has 0 saturated heterocycles. The molecule has 2 heterocycles. The summed E-state index contributed by atoms with van der Waals surface area (Å²) in [5.41, 5.74) is 16.3. The molecule has 0 radical (unpaired) electrons. The molecule has 4 N–H and O–H groups in total. The molecule has 4 aromatic rings. The lowest BCUT2D eigenvalue weighted by molar-refractivity contribution is -0.106. The van der Waals surface area contributed by atoms with Crippen LogP contribution in [0.1, 0.15) is 83.2 Å². The van der Waals surface area contributed by atoms with Gasteiger partial charge in [-0.25, -0.2) is 9.97 Å². The van der Waals surface area contributed by atoms with Crippen LogP contribution in [-0.4, -0.2) is 40.6 Å². The number of fused-ring (bicyclic) bond motifs is 3. The van der Waals surface area contributed by atoms with Gasteiger partial charge >= 0.3 is 0 Å². The molecule has 40 heavy (non-hydrogen) atoms. The van der Waals surface area contributed by atoms with Gasteiger partial charge < -0.3 is 25.6 Å². The molecule has 1 atom stereocenters. The van der Waals surface area contributed by atoms with Gasteiger partial charge in [-0.15, -0.1) is 0 Å². The maximum atomic E-state index is 8.81. The minimum absolute atomic E-state index is 0.0195. The van der Waals surface area contributed by atoms with Crippen LogP contribution < -0.4 is 11.5 Å². The molecule has 1 fully saturated rings. The number of pyridine rings is 1. The first-order valence-electron chi connectivity index (χ1n) is 14.8. The zero-order chi connectivity index (χ0) is 28.7. The monoisotopic (exact) mass is 545 g/mol. The highest BCUT2D eigenvalue weighted by Gasteiger charge is 2.22. The van der Waals surface area contributed by atoms with E-state index in [1.165, 1.54) is 51.0 Å². The molecule has 5 rings (SSSR count). The van der Waals surface area contributed by atoms with E-state index in [0.717, 1.165) is 53.1 Å². The Morgan fingerprint density at radius 3 is 2.30 bits per heavy atom. The molecule has 7 heteroatoms. The van der Waals surface area contributed by atoms with E-state index in [1.807, 2.05) is 24.5 Å². The highest BCUT2D eigenvalue weighted by Crippen LogP contribution is 2.39. The lowest BCUT2D eigenvalue weighted by Gasteiger charge is -2.20. The number of aromatic nitrogens is 3. The minimum Gasteiger partial charge on any atom is -0.382 e. The van der Waals surface area contributed by atoms with E-state index in [9.17, 15) is 0 Å². The molecule has 2 aromatic carbocycles. The van der Waals surface area contributed by atoms with Crippen LogP contribution in [0.15, 0.2) is 60.9 Å². The summed E-state index contributed by atoms with van der Waals surface area (Å²) in [7, 11) is 0. The van der Waals surface area contributed by atoms with Gasteiger partial charge in [0, 0.05) is 18.5 Å². The van der Waals surface area contributed by atoms with Gasteiger partial charge in [-0.1, -0.05) is 88.1 Å². The third-order valence-electron chi connectivity index (χ3n) is 7.32. The maximum absolute atomic E-state index is 8.81. The summed E-state index contributed by atoms with van der Waals surface area (Å²) in [6.07, 6.45) is 11.5. The van der Waals surface area contributed by atoms with Crippen LogP contribution in [0.3, 0.4) is 0 Å². The van der Waals surface area contributed by atoms with Crippen LogP contribution in [0.25, 0.3) is 21.9 Å². The van der Waals surface area contributed by atoms with Gasteiger partial charge in [0.1, 0.15) is 11.8 Å². The number of ether oxygens (including phenoxy) is 1. The molecule has 1 aliphatic rings. The van der Waals surface area contributed by atoms with E-state index in [1.54, 1.807) is 0 Å². The maximum Gasteiger partial charge on any atom is 0.152 e. The Morgan fingerprint density at radius 1 is 1.02 bits per heavy atom. The van der Waals surface area contributed by atoms with Crippen molar-refractivity contribution in [3.05, 3.63) is 66.5 Å². The first-order valence-corrected chi connectivity index (χ1v) is 14.8. The van der Waals surface area contributed by atoms with Gasteiger partial charge in [-0.2, -0.15) is 0 Å². The van der Waals surface area contributed by atoms with Gasteiger partial charge in [0.15, 0.2) is 5.82 Å². The van der Waals surface area contributed by atoms with E-state index in [-0.39, 0.29) is 6.04 Å². The average Bonchev–Trinajstić information content (AvgIpc) is 3.73. The smallest absolute Gasteiger partial charge is 0.152 e. The van der Waals surface area contributed by atoms with E-state index in [0.29, 0.717) is 19.0 Å². The molecular weight excluding hydrogens is 498 g/mol. The SMILES string of the molecule is CC=O.CCCC(CCC)CCOCC(CN)n1cnc2c(N)nc3ccccc3c21.c1ccc(C2CC2)cc1. The highest BCUT2D eigenvalue weighted by molar-refractivity contribution is 6.06. The van der Waals surface area contributed by atoms with E-state index in [4.69, 9.17) is 21.0 Å². The van der Waals surface area contributed by atoms with Crippen molar-refractivity contribution >= 4 is 34.0 Å². The molecule has 216 valence electrons. The Balaban J connectivity index is 0.000000302. The molecule has 1 saturated carbocycles. The number of nitrogens with two attached hydrogens (primary N) is 2. The Bertz CT molecular complexity index is 1280. The first kappa shape index (κ1) is 31.2. The van der Waals surface area contributed by atoms with Gasteiger partial charge in [0.05, 0.1) is 30.0 Å². The third kappa shape index (κ3) is 8.86. The number of benzene rings is 2. The number of anilines is 1. The van der Waals surface area contributed by atoms with Crippen LogP contribution in [0, 0.1) is 5.92 Å². The van der Waals surface area contributed by atoms with Crippen molar-refractivity contribution < 1.29 is 9.53 Å². The zero-order valence-corrected chi connectivity index (χ0v) is 24.5. The fourth-order valence-electron chi connectivity index (χ4n) is 5.17. The highest BCUT2D eigenvalue weighted by atomic mass is 16.5. The normalized spacial score (nSPS) is 13.4. The Labute approximate surface area is 239 Å². The summed E-state index contributed by atoms with van der Waals surface area (Å²) in [6, 6.07) is 18.8. The van der Waals surface area contributed by atoms with Crippen molar-refractivity contribution in [1.29, 1.82) is 0 Å².